The largest absolute Gasteiger partial charge is 0.356 e. The standard InChI is InChI=1S/C16H20N4/c1-17-9-18(2)12-7-8-14-16-13(19(3)10-20(14)4)6-5-11(17)15(12)16/h5-8H,9-10H2,1-4H3/i9D2,10D2. The molecule has 0 unspecified atom stereocenters. The van der Waals surface area contributed by atoms with Gasteiger partial charge in [-0.3, -0.25) is 0 Å². The molecule has 2 aromatic rings. The monoisotopic (exact) mass is 272 g/mol. The van der Waals surface area contributed by atoms with Gasteiger partial charge in [0.2, 0.25) is 0 Å². The van der Waals surface area contributed by atoms with Gasteiger partial charge in [0.1, 0.15) is 0 Å². The molecule has 0 fully saturated rings. The topological polar surface area (TPSA) is 13.0 Å². The van der Waals surface area contributed by atoms with E-state index in [-0.39, 0.29) is 0 Å². The molecule has 0 saturated heterocycles. The summed E-state index contributed by atoms with van der Waals surface area (Å²) in [6.45, 7) is -3.25. The lowest BCUT2D eigenvalue weighted by atomic mass is 9.98. The smallest absolute Gasteiger partial charge is 0.0897 e. The van der Waals surface area contributed by atoms with Gasteiger partial charge in [-0.05, 0) is 24.3 Å². The molecule has 0 N–H and O–H groups in total. The van der Waals surface area contributed by atoms with Crippen molar-refractivity contribution < 1.29 is 5.48 Å². The maximum atomic E-state index is 8.38. The SMILES string of the molecule is [2H]C1([2H])N(C)c2ccc3c4c(ccc(c24)N1C)N(C)C([2H])([2H])N3C. The van der Waals surface area contributed by atoms with E-state index in [1.807, 2.05) is 24.3 Å². The highest BCUT2D eigenvalue weighted by Gasteiger charge is 2.27. The Kier molecular flexibility index (Phi) is 1.53. The minimum Gasteiger partial charge on any atom is -0.356 e. The number of hydrogen-bond donors (Lipinski definition) is 0. The van der Waals surface area contributed by atoms with Crippen LogP contribution in [0.4, 0.5) is 22.7 Å². The molecule has 2 heterocycles. The normalized spacial score (nSPS) is 25.2. The Balaban J connectivity index is 2.14. The highest BCUT2D eigenvalue weighted by Crippen LogP contribution is 2.47. The van der Waals surface area contributed by atoms with Crippen LogP contribution in [0.2, 0.25) is 0 Å². The van der Waals surface area contributed by atoms with Crippen molar-refractivity contribution in [2.75, 3.05) is 61.0 Å². The van der Waals surface area contributed by atoms with Gasteiger partial charge in [0.25, 0.3) is 0 Å². The molecule has 4 nitrogen and oxygen atoms in total. The van der Waals surface area contributed by atoms with E-state index in [2.05, 4.69) is 0 Å². The number of benzene rings is 2. The quantitative estimate of drug-likeness (QED) is 0.730. The molecular formula is C16H20N4. The van der Waals surface area contributed by atoms with Gasteiger partial charge < -0.3 is 19.6 Å². The van der Waals surface area contributed by atoms with Crippen LogP contribution in [0.15, 0.2) is 24.3 Å². The first-order valence-electron chi connectivity index (χ1n) is 8.65. The zero-order chi connectivity index (χ0) is 17.6. The molecule has 0 aromatic heterocycles. The molecule has 0 atom stereocenters. The molecule has 2 aromatic carbocycles. The molecule has 0 spiro atoms. The second-order valence-electron chi connectivity index (χ2n) is 5.39. The third kappa shape index (κ3) is 1.31. The van der Waals surface area contributed by atoms with E-state index in [4.69, 9.17) is 5.48 Å². The van der Waals surface area contributed by atoms with Gasteiger partial charge in [0, 0.05) is 61.7 Å². The Morgan fingerprint density at radius 2 is 0.900 bits per heavy atom. The Morgan fingerprint density at radius 1 is 0.650 bits per heavy atom. The second kappa shape index (κ2) is 3.72. The predicted molar refractivity (Wildman–Crippen MR) is 87.3 cm³/mol. The van der Waals surface area contributed by atoms with Gasteiger partial charge in [0.05, 0.1) is 18.7 Å². The van der Waals surface area contributed by atoms with Crippen LogP contribution < -0.4 is 19.6 Å². The highest BCUT2D eigenvalue weighted by atomic mass is 15.3. The van der Waals surface area contributed by atoms with Crippen LogP contribution in [0.5, 0.6) is 0 Å². The lowest BCUT2D eigenvalue weighted by molar-refractivity contribution is 0.833. The zero-order valence-corrected chi connectivity index (χ0v) is 12.1. The Labute approximate surface area is 125 Å². The molecule has 0 aliphatic carbocycles. The van der Waals surface area contributed by atoms with E-state index in [1.54, 1.807) is 47.8 Å². The highest BCUT2D eigenvalue weighted by molar-refractivity contribution is 6.16. The van der Waals surface area contributed by atoms with Gasteiger partial charge in [-0.25, -0.2) is 0 Å². The van der Waals surface area contributed by atoms with Gasteiger partial charge in [-0.1, -0.05) is 0 Å². The molecule has 4 heteroatoms. The summed E-state index contributed by atoms with van der Waals surface area (Å²) in [4.78, 5) is 6.52. The fourth-order valence-electron chi connectivity index (χ4n) is 3.21. The summed E-state index contributed by atoms with van der Waals surface area (Å²) in [7, 11) is 7.00. The molecule has 104 valence electrons. The summed E-state index contributed by atoms with van der Waals surface area (Å²) in [5.41, 5.74) is 3.27. The van der Waals surface area contributed by atoms with Crippen molar-refractivity contribution in [3.8, 4) is 0 Å². The van der Waals surface area contributed by atoms with Gasteiger partial charge in [-0.15, -0.1) is 0 Å². The summed E-state index contributed by atoms with van der Waals surface area (Å²) < 4.78 is 33.5. The molecular weight excluding hydrogens is 248 g/mol. The zero-order valence-electron chi connectivity index (χ0n) is 16.1. The summed E-state index contributed by atoms with van der Waals surface area (Å²) in [6, 6.07) is 7.53. The number of rotatable bonds is 0. The van der Waals surface area contributed by atoms with E-state index >= 15 is 0 Å². The molecule has 0 radical (unpaired) electrons. The summed E-state index contributed by atoms with van der Waals surface area (Å²) in [5.74, 6) is 0. The molecule has 2 aliphatic rings. The van der Waals surface area contributed by atoms with E-state index in [0.717, 1.165) is 33.5 Å². The van der Waals surface area contributed by atoms with Gasteiger partial charge in [-0.2, -0.15) is 0 Å². The second-order valence-corrected chi connectivity index (χ2v) is 5.39. The van der Waals surface area contributed by atoms with Crippen molar-refractivity contribution >= 4 is 33.5 Å². The van der Waals surface area contributed by atoms with Gasteiger partial charge >= 0.3 is 0 Å². The third-order valence-corrected chi connectivity index (χ3v) is 4.12. The number of nitrogens with zero attached hydrogens (tertiary/aromatic N) is 4. The van der Waals surface area contributed by atoms with E-state index in [0.29, 0.717) is 0 Å². The first kappa shape index (κ1) is 8.25. The van der Waals surface area contributed by atoms with E-state index in [1.165, 1.54) is 0 Å². The van der Waals surface area contributed by atoms with E-state index < -0.39 is 13.2 Å². The average molecular weight is 272 g/mol. The maximum absolute atomic E-state index is 8.38. The molecule has 4 rings (SSSR count). The predicted octanol–water partition coefficient (Wildman–Crippen LogP) is 2.53. The van der Waals surface area contributed by atoms with E-state index in [9.17, 15) is 0 Å². The third-order valence-electron chi connectivity index (χ3n) is 4.12. The van der Waals surface area contributed by atoms with Crippen LogP contribution in [-0.4, -0.2) is 41.4 Å². The van der Waals surface area contributed by atoms with Crippen molar-refractivity contribution in [2.24, 2.45) is 0 Å². The summed E-state index contributed by atoms with van der Waals surface area (Å²) in [6.07, 6.45) is 0. The van der Waals surface area contributed by atoms with Crippen LogP contribution >= 0.6 is 0 Å². The number of anilines is 4. The molecule has 0 saturated carbocycles. The summed E-state index contributed by atoms with van der Waals surface area (Å²) in [5, 5.41) is 1.92. The Morgan fingerprint density at radius 3 is 1.15 bits per heavy atom. The van der Waals surface area contributed by atoms with Crippen molar-refractivity contribution in [1.29, 1.82) is 0 Å². The van der Waals surface area contributed by atoms with Crippen LogP contribution in [0.1, 0.15) is 5.48 Å². The van der Waals surface area contributed by atoms with Crippen molar-refractivity contribution in [1.82, 2.24) is 0 Å². The first-order valence-corrected chi connectivity index (χ1v) is 6.65. The van der Waals surface area contributed by atoms with Crippen molar-refractivity contribution in [3.63, 3.8) is 0 Å². The summed E-state index contributed by atoms with van der Waals surface area (Å²) >= 11 is 0. The van der Waals surface area contributed by atoms with Crippen molar-refractivity contribution in [3.05, 3.63) is 24.3 Å². The minimum atomic E-state index is -1.63. The molecule has 0 amide bonds. The average Bonchev–Trinajstić information content (AvgIpc) is 2.55. The lowest BCUT2D eigenvalue weighted by Crippen LogP contribution is -2.39. The van der Waals surface area contributed by atoms with Gasteiger partial charge in [0.15, 0.2) is 0 Å². The minimum absolute atomic E-state index is 0.818. The van der Waals surface area contributed by atoms with Crippen LogP contribution in [0, 0.1) is 0 Å². The maximum Gasteiger partial charge on any atom is 0.0897 e. The Bertz CT molecular complexity index is 734. The van der Waals surface area contributed by atoms with Crippen LogP contribution in [-0.2, 0) is 0 Å². The molecule has 20 heavy (non-hydrogen) atoms. The lowest BCUT2D eigenvalue weighted by Gasteiger charge is -2.40. The van der Waals surface area contributed by atoms with Crippen LogP contribution in [0.3, 0.4) is 0 Å². The fourth-order valence-corrected chi connectivity index (χ4v) is 3.21. The molecule has 0 bridgehead atoms. The molecule has 2 aliphatic heterocycles. The number of hydrogen-bond acceptors (Lipinski definition) is 4. The first-order chi connectivity index (χ1) is 11.1. The van der Waals surface area contributed by atoms with Crippen molar-refractivity contribution in [2.45, 2.75) is 0 Å². The van der Waals surface area contributed by atoms with Crippen LogP contribution in [0.25, 0.3) is 10.8 Å². The fraction of sp³-hybridized carbons (Fsp3) is 0.375. The Hall–Kier alpha value is -2.10.